The van der Waals surface area contributed by atoms with Crippen LogP contribution in [0.2, 0.25) is 20.1 Å². The molecule has 0 bridgehead atoms. The number of carbonyl (C=O) groups is 2. The maximum Gasteiger partial charge on any atom is 0.197 e. The standard InChI is InChI=1S/C18H6Cl4O2/c19-9-5-6-10(20)12-11(9)17(23)13-14(18(12)24)16(22)8-4-2-1-3-7(8)15(13)21/h1-6H. The number of halogens is 4. The predicted molar refractivity (Wildman–Crippen MR) is 97.3 cm³/mol. The van der Waals surface area contributed by atoms with Crippen LogP contribution in [0.5, 0.6) is 0 Å². The Bertz CT molecular complexity index is 1000. The van der Waals surface area contributed by atoms with Crippen molar-refractivity contribution in [1.82, 2.24) is 0 Å². The summed E-state index contributed by atoms with van der Waals surface area (Å²) in [5.74, 6) is -0.908. The van der Waals surface area contributed by atoms with Crippen LogP contribution in [0.1, 0.15) is 31.8 Å². The third kappa shape index (κ3) is 1.98. The molecule has 0 radical (unpaired) electrons. The lowest BCUT2D eigenvalue weighted by atomic mass is 9.82. The molecular formula is C18H6Cl4O2. The second-order valence-corrected chi connectivity index (χ2v) is 6.93. The normalized spacial score (nSPS) is 13.2. The summed E-state index contributed by atoms with van der Waals surface area (Å²) in [6.07, 6.45) is 0. The molecule has 0 heterocycles. The first-order valence-electron chi connectivity index (χ1n) is 6.90. The van der Waals surface area contributed by atoms with E-state index in [4.69, 9.17) is 46.4 Å². The zero-order chi connectivity index (χ0) is 17.2. The summed E-state index contributed by atoms with van der Waals surface area (Å²) < 4.78 is 0. The van der Waals surface area contributed by atoms with E-state index in [0.717, 1.165) is 0 Å². The lowest BCUT2D eigenvalue weighted by Gasteiger charge is -2.22. The van der Waals surface area contributed by atoms with Gasteiger partial charge in [-0.2, -0.15) is 0 Å². The first-order chi connectivity index (χ1) is 11.4. The summed E-state index contributed by atoms with van der Waals surface area (Å²) in [4.78, 5) is 26.0. The minimum absolute atomic E-state index is 0.0647. The van der Waals surface area contributed by atoms with E-state index >= 15 is 0 Å². The molecule has 0 fully saturated rings. The van der Waals surface area contributed by atoms with Crippen molar-refractivity contribution in [3.8, 4) is 0 Å². The molecule has 1 aliphatic rings. The van der Waals surface area contributed by atoms with Crippen LogP contribution < -0.4 is 0 Å². The quantitative estimate of drug-likeness (QED) is 0.353. The van der Waals surface area contributed by atoms with E-state index in [1.165, 1.54) is 12.1 Å². The van der Waals surface area contributed by atoms with Gasteiger partial charge in [0.05, 0.1) is 42.3 Å². The average Bonchev–Trinajstić information content (AvgIpc) is 2.58. The Morgan fingerprint density at radius 1 is 0.542 bits per heavy atom. The summed E-state index contributed by atoms with van der Waals surface area (Å²) in [6.45, 7) is 0. The van der Waals surface area contributed by atoms with Gasteiger partial charge in [0.15, 0.2) is 11.6 Å². The van der Waals surface area contributed by atoms with E-state index in [-0.39, 0.29) is 42.3 Å². The Balaban J connectivity index is 2.21. The molecule has 4 rings (SSSR count). The van der Waals surface area contributed by atoms with Gasteiger partial charge >= 0.3 is 0 Å². The lowest BCUT2D eigenvalue weighted by Crippen LogP contribution is -2.23. The number of fused-ring (bicyclic) bond motifs is 3. The van der Waals surface area contributed by atoms with Crippen molar-refractivity contribution in [3.63, 3.8) is 0 Å². The van der Waals surface area contributed by atoms with Gasteiger partial charge in [0.25, 0.3) is 0 Å². The van der Waals surface area contributed by atoms with Gasteiger partial charge < -0.3 is 0 Å². The van der Waals surface area contributed by atoms with Crippen LogP contribution in [0, 0.1) is 0 Å². The Morgan fingerprint density at radius 3 is 1.29 bits per heavy atom. The van der Waals surface area contributed by atoms with E-state index in [9.17, 15) is 9.59 Å². The second-order valence-electron chi connectivity index (χ2n) is 5.36. The second kappa shape index (κ2) is 5.47. The van der Waals surface area contributed by atoms with Crippen LogP contribution in [-0.4, -0.2) is 11.6 Å². The van der Waals surface area contributed by atoms with Gasteiger partial charge in [0.2, 0.25) is 0 Å². The number of carbonyl (C=O) groups excluding carboxylic acids is 2. The molecule has 0 spiro atoms. The van der Waals surface area contributed by atoms with Crippen LogP contribution >= 0.6 is 46.4 Å². The summed E-state index contributed by atoms with van der Waals surface area (Å²) >= 11 is 25.2. The summed E-state index contributed by atoms with van der Waals surface area (Å²) in [6, 6.07) is 10.0. The van der Waals surface area contributed by atoms with Crippen molar-refractivity contribution in [2.45, 2.75) is 0 Å². The molecular weight excluding hydrogens is 390 g/mol. The van der Waals surface area contributed by atoms with Crippen molar-refractivity contribution in [1.29, 1.82) is 0 Å². The minimum Gasteiger partial charge on any atom is -0.288 e. The highest BCUT2D eigenvalue weighted by Gasteiger charge is 2.37. The number of hydrogen-bond donors (Lipinski definition) is 0. The smallest absolute Gasteiger partial charge is 0.197 e. The molecule has 0 N–H and O–H groups in total. The number of hydrogen-bond acceptors (Lipinski definition) is 2. The monoisotopic (exact) mass is 394 g/mol. The van der Waals surface area contributed by atoms with Crippen molar-refractivity contribution < 1.29 is 9.59 Å². The zero-order valence-corrected chi connectivity index (χ0v) is 14.8. The van der Waals surface area contributed by atoms with Crippen molar-refractivity contribution in [2.75, 3.05) is 0 Å². The molecule has 1 aliphatic carbocycles. The Hall–Kier alpha value is -1.58. The molecule has 2 nitrogen and oxygen atoms in total. The maximum absolute atomic E-state index is 13.0. The third-order valence-electron chi connectivity index (χ3n) is 4.10. The third-order valence-corrected chi connectivity index (χ3v) is 5.52. The maximum atomic E-state index is 13.0. The Kier molecular flexibility index (Phi) is 3.63. The number of ketones is 2. The molecule has 24 heavy (non-hydrogen) atoms. The van der Waals surface area contributed by atoms with Crippen molar-refractivity contribution in [2.24, 2.45) is 0 Å². The Labute approximate surface area is 156 Å². The van der Waals surface area contributed by atoms with E-state index in [0.29, 0.717) is 10.8 Å². The van der Waals surface area contributed by atoms with Crippen LogP contribution in [-0.2, 0) is 0 Å². The zero-order valence-electron chi connectivity index (χ0n) is 11.8. The van der Waals surface area contributed by atoms with Gasteiger partial charge in [-0.15, -0.1) is 0 Å². The lowest BCUT2D eigenvalue weighted by molar-refractivity contribution is 0.0979. The highest BCUT2D eigenvalue weighted by atomic mass is 35.5. The van der Waals surface area contributed by atoms with Crippen molar-refractivity contribution >= 4 is 68.7 Å². The largest absolute Gasteiger partial charge is 0.288 e. The molecule has 0 unspecified atom stereocenters. The SMILES string of the molecule is O=C1c2c(Cl)ccc(Cl)c2C(=O)c2c1c(Cl)c1ccccc1c2Cl. The van der Waals surface area contributed by atoms with Crippen LogP contribution in [0.25, 0.3) is 10.8 Å². The van der Waals surface area contributed by atoms with E-state index < -0.39 is 11.6 Å². The first kappa shape index (κ1) is 15.9. The molecule has 3 aromatic carbocycles. The molecule has 6 heteroatoms. The molecule has 0 aliphatic heterocycles. The number of benzene rings is 3. The predicted octanol–water partition coefficient (Wildman–Crippen LogP) is 6.23. The molecule has 0 saturated heterocycles. The minimum atomic E-state index is -0.454. The highest BCUT2D eigenvalue weighted by Crippen LogP contribution is 2.44. The number of rotatable bonds is 0. The average molecular weight is 396 g/mol. The van der Waals surface area contributed by atoms with Gasteiger partial charge in [-0.05, 0) is 12.1 Å². The Morgan fingerprint density at radius 2 is 0.917 bits per heavy atom. The first-order valence-corrected chi connectivity index (χ1v) is 8.41. The fourth-order valence-corrected chi connectivity index (χ4v) is 4.20. The molecule has 0 aromatic heterocycles. The van der Waals surface area contributed by atoms with E-state index in [2.05, 4.69) is 0 Å². The van der Waals surface area contributed by atoms with Gasteiger partial charge in [-0.1, -0.05) is 70.7 Å². The summed E-state index contributed by atoms with van der Waals surface area (Å²) in [5, 5.41) is 1.88. The molecule has 0 atom stereocenters. The van der Waals surface area contributed by atoms with Gasteiger partial charge in [0.1, 0.15) is 0 Å². The van der Waals surface area contributed by atoms with Crippen molar-refractivity contribution in [3.05, 3.63) is 78.7 Å². The van der Waals surface area contributed by atoms with Crippen LogP contribution in [0.4, 0.5) is 0 Å². The summed E-state index contributed by atoms with van der Waals surface area (Å²) in [7, 11) is 0. The fourth-order valence-electron chi connectivity index (χ4n) is 3.03. The van der Waals surface area contributed by atoms with Crippen LogP contribution in [0.3, 0.4) is 0 Å². The molecule has 0 amide bonds. The summed E-state index contributed by atoms with van der Waals surface area (Å²) in [5.41, 5.74) is 0.272. The topological polar surface area (TPSA) is 34.1 Å². The molecule has 0 saturated carbocycles. The van der Waals surface area contributed by atoms with Gasteiger partial charge in [0, 0.05) is 10.8 Å². The highest BCUT2D eigenvalue weighted by molar-refractivity contribution is 6.51. The van der Waals surface area contributed by atoms with Crippen LogP contribution in [0.15, 0.2) is 36.4 Å². The van der Waals surface area contributed by atoms with Gasteiger partial charge in [-0.25, -0.2) is 0 Å². The molecule has 3 aromatic rings. The fraction of sp³-hybridized carbons (Fsp3) is 0. The van der Waals surface area contributed by atoms with Gasteiger partial charge in [-0.3, -0.25) is 9.59 Å². The van der Waals surface area contributed by atoms with E-state index in [1.807, 2.05) is 0 Å². The molecule has 118 valence electrons. The van der Waals surface area contributed by atoms with E-state index in [1.54, 1.807) is 24.3 Å².